The normalized spacial score (nSPS) is 11.1. The highest BCUT2D eigenvalue weighted by atomic mass is 32.1. The number of nitrogens with zero attached hydrogens (tertiary/aromatic N) is 1. The highest BCUT2D eigenvalue weighted by molar-refractivity contribution is 7.21. The summed E-state index contributed by atoms with van der Waals surface area (Å²) in [4.78, 5) is 17.7. The Morgan fingerprint density at radius 3 is 2.47 bits per heavy atom. The molecular formula is C26H20N2OS. The molecule has 1 amide bonds. The molecule has 4 aromatic carbocycles. The molecule has 0 bridgehead atoms. The predicted molar refractivity (Wildman–Crippen MR) is 126 cm³/mol. The minimum absolute atomic E-state index is 0.102. The van der Waals surface area contributed by atoms with E-state index in [0.29, 0.717) is 5.56 Å². The monoisotopic (exact) mass is 408 g/mol. The van der Waals surface area contributed by atoms with Crippen molar-refractivity contribution in [1.82, 2.24) is 4.98 Å². The second-order valence-corrected chi connectivity index (χ2v) is 8.53. The van der Waals surface area contributed by atoms with Crippen LogP contribution in [0.2, 0.25) is 0 Å². The van der Waals surface area contributed by atoms with E-state index in [4.69, 9.17) is 4.98 Å². The average molecular weight is 409 g/mol. The van der Waals surface area contributed by atoms with Gasteiger partial charge >= 0.3 is 0 Å². The molecule has 0 aliphatic heterocycles. The maximum absolute atomic E-state index is 12.9. The Labute approximate surface area is 179 Å². The highest BCUT2D eigenvalue weighted by Crippen LogP contribution is 2.31. The van der Waals surface area contributed by atoms with E-state index in [2.05, 4.69) is 49.5 Å². The Hall–Kier alpha value is -3.50. The summed E-state index contributed by atoms with van der Waals surface area (Å²) in [7, 11) is 0. The lowest BCUT2D eigenvalue weighted by Gasteiger charge is -2.10. The van der Waals surface area contributed by atoms with Gasteiger partial charge in [0.1, 0.15) is 5.01 Å². The Balaban J connectivity index is 1.41. The Bertz CT molecular complexity index is 1400. The van der Waals surface area contributed by atoms with Crippen LogP contribution in [0.3, 0.4) is 0 Å². The van der Waals surface area contributed by atoms with Crippen LogP contribution in [0.5, 0.6) is 0 Å². The zero-order valence-corrected chi connectivity index (χ0v) is 17.6. The summed E-state index contributed by atoms with van der Waals surface area (Å²) in [6.45, 7) is 4.15. The van der Waals surface area contributed by atoms with Gasteiger partial charge in [0.25, 0.3) is 5.91 Å². The summed E-state index contributed by atoms with van der Waals surface area (Å²) < 4.78 is 1.19. The fourth-order valence-corrected chi connectivity index (χ4v) is 4.78. The lowest BCUT2D eigenvalue weighted by Crippen LogP contribution is -2.12. The van der Waals surface area contributed by atoms with E-state index in [1.54, 1.807) is 11.3 Å². The van der Waals surface area contributed by atoms with Crippen molar-refractivity contribution in [2.24, 2.45) is 0 Å². The summed E-state index contributed by atoms with van der Waals surface area (Å²) in [5.74, 6) is -0.102. The second-order valence-electron chi connectivity index (χ2n) is 7.50. The molecule has 0 aliphatic rings. The molecular weight excluding hydrogens is 388 g/mol. The van der Waals surface area contributed by atoms with E-state index >= 15 is 0 Å². The number of carbonyl (C=O) groups excluding carboxylic acids is 1. The minimum atomic E-state index is -0.102. The molecule has 5 aromatic rings. The van der Waals surface area contributed by atoms with Gasteiger partial charge in [-0.05, 0) is 78.2 Å². The number of anilines is 1. The molecule has 4 heteroatoms. The molecule has 0 atom stereocenters. The molecule has 5 rings (SSSR count). The number of rotatable bonds is 3. The maximum Gasteiger partial charge on any atom is 0.256 e. The smallest absolute Gasteiger partial charge is 0.256 e. The summed E-state index contributed by atoms with van der Waals surface area (Å²) in [5.41, 5.74) is 5.92. The largest absolute Gasteiger partial charge is 0.322 e. The number of hydrogen-bond acceptors (Lipinski definition) is 3. The van der Waals surface area contributed by atoms with Gasteiger partial charge < -0.3 is 5.32 Å². The van der Waals surface area contributed by atoms with Crippen LogP contribution in [0.1, 0.15) is 21.5 Å². The van der Waals surface area contributed by atoms with Crippen molar-refractivity contribution in [3.05, 3.63) is 95.6 Å². The Morgan fingerprint density at radius 2 is 1.63 bits per heavy atom. The molecule has 0 unspecified atom stereocenters. The molecule has 0 fully saturated rings. The van der Waals surface area contributed by atoms with Gasteiger partial charge in [0.15, 0.2) is 0 Å². The topological polar surface area (TPSA) is 42.0 Å². The number of amides is 1. The van der Waals surface area contributed by atoms with E-state index in [9.17, 15) is 4.79 Å². The third kappa shape index (κ3) is 3.36. The molecule has 30 heavy (non-hydrogen) atoms. The Kier molecular flexibility index (Phi) is 4.57. The van der Waals surface area contributed by atoms with Crippen molar-refractivity contribution in [2.45, 2.75) is 13.8 Å². The number of fused-ring (bicyclic) bond motifs is 2. The van der Waals surface area contributed by atoms with E-state index in [1.807, 2.05) is 48.5 Å². The van der Waals surface area contributed by atoms with Gasteiger partial charge in [-0.1, -0.05) is 36.4 Å². The molecule has 0 radical (unpaired) electrons. The number of nitrogens with one attached hydrogen (secondary N) is 1. The van der Waals surface area contributed by atoms with E-state index in [1.165, 1.54) is 10.3 Å². The van der Waals surface area contributed by atoms with Crippen molar-refractivity contribution in [3.63, 3.8) is 0 Å². The number of carbonyl (C=O) groups is 1. The third-order valence-electron chi connectivity index (χ3n) is 5.32. The van der Waals surface area contributed by atoms with Crippen LogP contribution in [0, 0.1) is 13.8 Å². The van der Waals surface area contributed by atoms with Crippen molar-refractivity contribution in [1.29, 1.82) is 0 Å². The molecule has 0 aliphatic carbocycles. The van der Waals surface area contributed by atoms with Gasteiger partial charge in [0.05, 0.1) is 10.2 Å². The number of hydrogen-bond donors (Lipinski definition) is 1. The molecule has 0 saturated heterocycles. The van der Waals surface area contributed by atoms with Gasteiger partial charge in [-0.3, -0.25) is 4.79 Å². The second kappa shape index (κ2) is 7.39. The summed E-state index contributed by atoms with van der Waals surface area (Å²) in [6, 6.07) is 26.1. The number of aryl methyl sites for hydroxylation is 2. The fourth-order valence-electron chi connectivity index (χ4n) is 3.71. The van der Waals surface area contributed by atoms with Gasteiger partial charge in [-0.15, -0.1) is 11.3 Å². The zero-order chi connectivity index (χ0) is 20.7. The first kappa shape index (κ1) is 18.5. The molecule has 0 saturated carbocycles. The van der Waals surface area contributed by atoms with Crippen molar-refractivity contribution < 1.29 is 4.79 Å². The van der Waals surface area contributed by atoms with Gasteiger partial charge in [0.2, 0.25) is 0 Å². The van der Waals surface area contributed by atoms with E-state index in [-0.39, 0.29) is 5.91 Å². The number of aromatic nitrogens is 1. The lowest BCUT2D eigenvalue weighted by atomic mass is 10.0. The summed E-state index contributed by atoms with van der Waals surface area (Å²) >= 11 is 1.69. The van der Waals surface area contributed by atoms with E-state index in [0.717, 1.165) is 38.1 Å². The minimum Gasteiger partial charge on any atom is -0.322 e. The van der Waals surface area contributed by atoms with Crippen LogP contribution in [-0.4, -0.2) is 10.9 Å². The van der Waals surface area contributed by atoms with Gasteiger partial charge in [-0.2, -0.15) is 0 Å². The molecule has 1 heterocycles. The standard InChI is InChI=1S/C26H20N2OS/c1-16-9-14-23-24(15-16)30-26(28-23)18-10-12-19(13-11-18)27-25(29)22-8-4-6-20-17(2)5-3-7-21(20)22/h3-15H,1-2H3,(H,27,29). The SMILES string of the molecule is Cc1ccc2nc(-c3ccc(NC(=O)c4cccc5c(C)cccc45)cc3)sc2c1. The number of thiazole rings is 1. The van der Waals surface area contributed by atoms with Crippen LogP contribution in [0.25, 0.3) is 31.6 Å². The number of benzene rings is 4. The van der Waals surface area contributed by atoms with Gasteiger partial charge in [0, 0.05) is 16.8 Å². The first-order chi connectivity index (χ1) is 14.6. The lowest BCUT2D eigenvalue weighted by molar-refractivity contribution is 0.102. The van der Waals surface area contributed by atoms with Crippen LogP contribution in [0.4, 0.5) is 5.69 Å². The average Bonchev–Trinajstić information content (AvgIpc) is 3.17. The van der Waals surface area contributed by atoms with Crippen LogP contribution in [-0.2, 0) is 0 Å². The fraction of sp³-hybridized carbons (Fsp3) is 0.0769. The highest BCUT2D eigenvalue weighted by Gasteiger charge is 2.12. The molecule has 3 nitrogen and oxygen atoms in total. The molecule has 0 spiro atoms. The van der Waals surface area contributed by atoms with Crippen LogP contribution < -0.4 is 5.32 Å². The van der Waals surface area contributed by atoms with Crippen molar-refractivity contribution >= 4 is 43.9 Å². The molecule has 146 valence electrons. The summed E-state index contributed by atoms with van der Waals surface area (Å²) in [6.07, 6.45) is 0. The quantitative estimate of drug-likeness (QED) is 0.350. The molecule has 1 N–H and O–H groups in total. The zero-order valence-electron chi connectivity index (χ0n) is 16.8. The van der Waals surface area contributed by atoms with Crippen LogP contribution >= 0.6 is 11.3 Å². The van der Waals surface area contributed by atoms with Crippen LogP contribution in [0.15, 0.2) is 78.9 Å². The molecule has 1 aromatic heterocycles. The maximum atomic E-state index is 12.9. The Morgan fingerprint density at radius 1 is 0.867 bits per heavy atom. The predicted octanol–water partition coefficient (Wildman–Crippen LogP) is 6.99. The van der Waals surface area contributed by atoms with E-state index < -0.39 is 0 Å². The first-order valence-corrected chi connectivity index (χ1v) is 10.7. The van der Waals surface area contributed by atoms with Crippen molar-refractivity contribution in [3.8, 4) is 10.6 Å². The summed E-state index contributed by atoms with van der Waals surface area (Å²) in [5, 5.41) is 6.08. The van der Waals surface area contributed by atoms with Gasteiger partial charge in [-0.25, -0.2) is 4.98 Å². The third-order valence-corrected chi connectivity index (χ3v) is 6.39. The van der Waals surface area contributed by atoms with Crippen molar-refractivity contribution in [2.75, 3.05) is 5.32 Å². The first-order valence-electron chi connectivity index (χ1n) is 9.86.